The van der Waals surface area contributed by atoms with E-state index in [2.05, 4.69) is 11.0 Å². The molecule has 1 aromatic rings. The fraction of sp³-hybridized carbons (Fsp3) is 0.700. The lowest BCUT2D eigenvalue weighted by Crippen LogP contribution is -2.71. The van der Waals surface area contributed by atoms with Crippen LogP contribution in [0.3, 0.4) is 0 Å². The summed E-state index contributed by atoms with van der Waals surface area (Å²) in [6.45, 7) is 2.41. The van der Waals surface area contributed by atoms with Crippen molar-refractivity contribution in [2.45, 2.75) is 67.8 Å². The Kier molecular flexibility index (Phi) is 2.05. The Morgan fingerprint density at radius 3 is 3.00 bits per heavy atom. The number of phenolic OH excluding ortho intramolecular Hbond substituents is 1. The Morgan fingerprint density at radius 1 is 1.21 bits per heavy atom. The highest BCUT2D eigenvalue weighted by Crippen LogP contribution is 2.71. The van der Waals surface area contributed by atoms with E-state index in [1.165, 1.54) is 30.5 Å². The molecule has 4 fully saturated rings. The molecular weight excluding hydrogens is 302 g/mol. The van der Waals surface area contributed by atoms with Crippen LogP contribution in [0.25, 0.3) is 0 Å². The van der Waals surface area contributed by atoms with Crippen molar-refractivity contribution >= 4 is 0 Å². The maximum absolute atomic E-state index is 10.4. The Hall–Kier alpha value is -1.26. The van der Waals surface area contributed by atoms with Crippen molar-refractivity contribution in [2.75, 3.05) is 13.1 Å². The van der Waals surface area contributed by atoms with Gasteiger partial charge in [0.25, 0.3) is 0 Å². The minimum Gasteiger partial charge on any atom is -0.504 e. The summed E-state index contributed by atoms with van der Waals surface area (Å²) in [7, 11) is 0. The molecule has 126 valence electrons. The Bertz CT molecular complexity index is 774. The van der Waals surface area contributed by atoms with E-state index >= 15 is 0 Å². The molecule has 3 saturated heterocycles. The summed E-state index contributed by atoms with van der Waals surface area (Å²) in [4.78, 5) is 2.75. The average molecular weight is 325 g/mol. The molecule has 1 N–H and O–H groups in total. The third kappa shape index (κ3) is 1.18. The molecule has 4 bridgehead atoms. The Balaban J connectivity index is 1.48. The zero-order valence-corrected chi connectivity index (χ0v) is 13.8. The molecule has 5 atom stereocenters. The number of ether oxygens (including phenoxy) is 2. The summed E-state index contributed by atoms with van der Waals surface area (Å²) >= 11 is 0. The summed E-state index contributed by atoms with van der Waals surface area (Å²) < 4.78 is 13.2. The monoisotopic (exact) mass is 325 g/mol. The first kappa shape index (κ1) is 13.0. The lowest BCUT2D eigenvalue weighted by Gasteiger charge is -2.59. The smallest absolute Gasteiger partial charge is 0.165 e. The molecule has 0 amide bonds. The van der Waals surface area contributed by atoms with Gasteiger partial charge in [0.2, 0.25) is 0 Å². The third-order valence-electron chi connectivity index (χ3n) is 8.03. The van der Waals surface area contributed by atoms with Crippen LogP contribution in [-0.2, 0) is 16.6 Å². The lowest BCUT2D eigenvalue weighted by atomic mass is 9.51. The van der Waals surface area contributed by atoms with E-state index < -0.39 is 0 Å². The second-order valence-corrected chi connectivity index (χ2v) is 8.95. The van der Waals surface area contributed by atoms with Crippen LogP contribution in [0.1, 0.15) is 43.2 Å². The van der Waals surface area contributed by atoms with Gasteiger partial charge in [-0.15, -0.1) is 0 Å². The first-order chi connectivity index (χ1) is 11.7. The summed E-state index contributed by atoms with van der Waals surface area (Å²) in [6.07, 6.45) is 7.62. The zero-order valence-electron chi connectivity index (χ0n) is 13.8. The molecule has 7 rings (SSSR count). The van der Waals surface area contributed by atoms with E-state index in [1.54, 1.807) is 0 Å². The number of aromatic hydroxyl groups is 1. The number of hydrogen-bond donors (Lipinski definition) is 1. The fourth-order valence-corrected chi connectivity index (χ4v) is 7.04. The van der Waals surface area contributed by atoms with Gasteiger partial charge in [0, 0.05) is 18.2 Å². The SMILES string of the molecule is Oc1ccc2c3c1O[C@H]1[C@@H]4CC[C@]5(O4)[C@@H](C2)N(CC2CC2)CC[C@]315. The highest BCUT2D eigenvalue weighted by atomic mass is 16.6. The topological polar surface area (TPSA) is 41.9 Å². The van der Waals surface area contributed by atoms with Gasteiger partial charge in [-0.2, -0.15) is 0 Å². The maximum atomic E-state index is 10.4. The van der Waals surface area contributed by atoms with Crippen LogP contribution < -0.4 is 4.74 Å². The van der Waals surface area contributed by atoms with Crippen molar-refractivity contribution in [3.05, 3.63) is 23.3 Å². The van der Waals surface area contributed by atoms with Crippen molar-refractivity contribution in [3.8, 4) is 11.5 Å². The minimum atomic E-state index is -0.0679. The molecule has 4 heterocycles. The molecular formula is C20H23NO3. The van der Waals surface area contributed by atoms with E-state index in [0.717, 1.165) is 43.9 Å². The Labute approximate surface area is 141 Å². The second-order valence-electron chi connectivity index (χ2n) is 8.95. The van der Waals surface area contributed by atoms with Crippen LogP contribution >= 0.6 is 0 Å². The molecule has 2 aliphatic carbocycles. The summed E-state index contributed by atoms with van der Waals surface area (Å²) in [5, 5.41) is 10.4. The summed E-state index contributed by atoms with van der Waals surface area (Å²) in [5.74, 6) is 2.03. The normalized spacial score (nSPS) is 46.9. The van der Waals surface area contributed by atoms with E-state index in [0.29, 0.717) is 11.8 Å². The van der Waals surface area contributed by atoms with Crippen LogP contribution in [0.2, 0.25) is 0 Å². The first-order valence-electron chi connectivity index (χ1n) is 9.67. The molecule has 0 unspecified atom stereocenters. The van der Waals surface area contributed by atoms with Gasteiger partial charge in [-0.25, -0.2) is 0 Å². The van der Waals surface area contributed by atoms with Gasteiger partial charge in [-0.1, -0.05) is 6.07 Å². The minimum absolute atomic E-state index is 0.00227. The first-order valence-corrected chi connectivity index (χ1v) is 9.67. The predicted octanol–water partition coefficient (Wildman–Crippen LogP) is 2.36. The molecule has 6 aliphatic rings. The fourth-order valence-electron chi connectivity index (χ4n) is 7.04. The molecule has 2 spiro atoms. The van der Waals surface area contributed by atoms with Crippen molar-refractivity contribution in [1.29, 1.82) is 0 Å². The van der Waals surface area contributed by atoms with Crippen molar-refractivity contribution in [2.24, 2.45) is 5.92 Å². The largest absolute Gasteiger partial charge is 0.504 e. The van der Waals surface area contributed by atoms with E-state index in [-0.39, 0.29) is 23.2 Å². The van der Waals surface area contributed by atoms with Crippen LogP contribution in [-0.4, -0.2) is 46.9 Å². The molecule has 4 heteroatoms. The number of phenols is 1. The lowest BCUT2D eigenvalue weighted by molar-refractivity contribution is -0.122. The quantitative estimate of drug-likeness (QED) is 0.906. The molecule has 0 aromatic heterocycles. The number of benzene rings is 1. The van der Waals surface area contributed by atoms with Crippen molar-refractivity contribution in [1.82, 2.24) is 4.90 Å². The number of hydrogen-bond acceptors (Lipinski definition) is 4. The van der Waals surface area contributed by atoms with Crippen molar-refractivity contribution in [3.63, 3.8) is 0 Å². The molecule has 4 aliphatic heterocycles. The summed E-state index contributed by atoms with van der Waals surface area (Å²) in [5.41, 5.74) is 2.65. The highest BCUT2D eigenvalue weighted by Gasteiger charge is 2.79. The van der Waals surface area contributed by atoms with Crippen molar-refractivity contribution < 1.29 is 14.6 Å². The van der Waals surface area contributed by atoms with Gasteiger partial charge in [0.15, 0.2) is 11.5 Å². The van der Waals surface area contributed by atoms with Gasteiger partial charge >= 0.3 is 0 Å². The van der Waals surface area contributed by atoms with Crippen LogP contribution in [0.5, 0.6) is 11.5 Å². The van der Waals surface area contributed by atoms with Gasteiger partial charge in [0.05, 0.1) is 17.1 Å². The Morgan fingerprint density at radius 2 is 2.12 bits per heavy atom. The van der Waals surface area contributed by atoms with E-state index in [9.17, 15) is 5.11 Å². The van der Waals surface area contributed by atoms with E-state index in [4.69, 9.17) is 9.47 Å². The van der Waals surface area contributed by atoms with Crippen LogP contribution in [0.4, 0.5) is 0 Å². The number of piperidine rings is 1. The number of nitrogens with zero attached hydrogens (tertiary/aromatic N) is 1. The van der Waals surface area contributed by atoms with Crippen LogP contribution in [0.15, 0.2) is 12.1 Å². The average Bonchev–Trinajstić information content (AvgIpc) is 3.06. The highest BCUT2D eigenvalue weighted by molar-refractivity contribution is 5.63. The molecule has 1 aromatic carbocycles. The van der Waals surface area contributed by atoms with Gasteiger partial charge in [-0.05, 0) is 62.6 Å². The third-order valence-corrected chi connectivity index (χ3v) is 8.03. The van der Waals surface area contributed by atoms with Crippen LogP contribution in [0, 0.1) is 5.92 Å². The number of rotatable bonds is 2. The second kappa shape index (κ2) is 3.78. The summed E-state index contributed by atoms with van der Waals surface area (Å²) in [6, 6.07) is 4.48. The van der Waals surface area contributed by atoms with Gasteiger partial charge in [0.1, 0.15) is 6.10 Å². The van der Waals surface area contributed by atoms with Gasteiger partial charge < -0.3 is 14.6 Å². The predicted molar refractivity (Wildman–Crippen MR) is 87.4 cm³/mol. The van der Waals surface area contributed by atoms with Gasteiger partial charge in [-0.3, -0.25) is 4.90 Å². The zero-order chi connectivity index (χ0) is 15.7. The number of likely N-dealkylation sites (tertiary alicyclic amines) is 1. The molecule has 4 nitrogen and oxygen atoms in total. The maximum Gasteiger partial charge on any atom is 0.165 e. The number of fused-ring (bicyclic) bond motifs is 2. The molecule has 24 heavy (non-hydrogen) atoms. The van der Waals surface area contributed by atoms with E-state index in [1.807, 2.05) is 6.07 Å². The molecule has 1 saturated carbocycles. The molecule has 0 radical (unpaired) electrons. The standard InChI is InChI=1S/C20H23NO3/c22-13-4-3-12-9-15-20-6-5-14(24-20)18-19(20,16(12)17(13)23-18)7-8-21(15)10-11-1-2-11/h3-4,11,14-15,18,22H,1-2,5-10H2/t14-,15+,18-,19-,20-/m0/s1.